The first kappa shape index (κ1) is 12.9. The van der Waals surface area contributed by atoms with Gasteiger partial charge in [-0.1, -0.05) is 13.8 Å². The highest BCUT2D eigenvalue weighted by atomic mass is 32.2. The van der Waals surface area contributed by atoms with Crippen LogP contribution in [0.4, 0.5) is 0 Å². The summed E-state index contributed by atoms with van der Waals surface area (Å²) >= 11 is 0. The third-order valence-corrected chi connectivity index (χ3v) is 4.61. The predicted octanol–water partition coefficient (Wildman–Crippen LogP) is 0.658. The van der Waals surface area contributed by atoms with Gasteiger partial charge in [0.1, 0.15) is 0 Å². The Morgan fingerprint density at radius 3 is 2.47 bits per heavy atom. The van der Waals surface area contributed by atoms with Crippen molar-refractivity contribution in [3.63, 3.8) is 0 Å². The van der Waals surface area contributed by atoms with Gasteiger partial charge in [-0.15, -0.1) is 0 Å². The van der Waals surface area contributed by atoms with Crippen LogP contribution < -0.4 is 5.32 Å². The van der Waals surface area contributed by atoms with E-state index in [-0.39, 0.29) is 5.75 Å². The fourth-order valence-electron chi connectivity index (χ4n) is 1.53. The Labute approximate surface area is 93.1 Å². The molecule has 0 radical (unpaired) electrons. The largest absolute Gasteiger partial charge is 0.316 e. The second-order valence-electron chi connectivity index (χ2n) is 4.06. The highest BCUT2D eigenvalue weighted by Crippen LogP contribution is 2.30. The lowest BCUT2D eigenvalue weighted by atomic mass is 10.4. The van der Waals surface area contributed by atoms with Crippen molar-refractivity contribution in [1.29, 1.82) is 0 Å². The maximum absolute atomic E-state index is 11.9. The summed E-state index contributed by atoms with van der Waals surface area (Å²) in [5.41, 5.74) is 0. The molecule has 1 N–H and O–H groups in total. The van der Waals surface area contributed by atoms with E-state index in [9.17, 15) is 8.42 Å². The Balaban J connectivity index is 2.40. The Morgan fingerprint density at radius 2 is 2.00 bits per heavy atom. The van der Waals surface area contributed by atoms with Crippen LogP contribution in [0.2, 0.25) is 0 Å². The van der Waals surface area contributed by atoms with Crippen LogP contribution >= 0.6 is 0 Å². The Bertz CT molecular complexity index is 273. The molecule has 1 aliphatic rings. The molecule has 0 amide bonds. The summed E-state index contributed by atoms with van der Waals surface area (Å²) in [6.07, 6.45) is 2.39. The molecule has 0 saturated heterocycles. The molecule has 5 heteroatoms. The molecule has 15 heavy (non-hydrogen) atoms. The van der Waals surface area contributed by atoms with E-state index in [0.717, 1.165) is 13.1 Å². The average molecular weight is 234 g/mol. The maximum atomic E-state index is 11.9. The molecule has 4 nitrogen and oxygen atoms in total. The van der Waals surface area contributed by atoms with Crippen LogP contribution in [0.1, 0.15) is 26.7 Å². The van der Waals surface area contributed by atoms with E-state index in [4.69, 9.17) is 0 Å². The molecule has 0 aromatic carbocycles. The predicted molar refractivity (Wildman–Crippen MR) is 62.3 cm³/mol. The Hall–Kier alpha value is -0.130. The maximum Gasteiger partial charge on any atom is 0.215 e. The summed E-state index contributed by atoms with van der Waals surface area (Å²) in [5.74, 6) is 0.848. The lowest BCUT2D eigenvalue weighted by molar-refractivity contribution is 0.411. The summed E-state index contributed by atoms with van der Waals surface area (Å²) in [6, 6.07) is 0. The molecule has 0 aromatic rings. The zero-order valence-electron chi connectivity index (χ0n) is 9.70. The molecule has 0 spiro atoms. The lowest BCUT2D eigenvalue weighted by Crippen LogP contribution is -2.37. The standard InChI is InChI=1S/C10H22N2O2S/c1-3-11-7-8-15(13,14)12(4-2)9-10-5-6-10/h10-11H,3-9H2,1-2H3. The van der Waals surface area contributed by atoms with Crippen molar-refractivity contribution in [2.45, 2.75) is 26.7 Å². The molecule has 90 valence electrons. The summed E-state index contributed by atoms with van der Waals surface area (Å²) < 4.78 is 25.4. The molecular weight excluding hydrogens is 212 g/mol. The van der Waals surface area contributed by atoms with E-state index in [1.165, 1.54) is 12.8 Å². The van der Waals surface area contributed by atoms with Crippen molar-refractivity contribution in [3.05, 3.63) is 0 Å². The normalized spacial score (nSPS) is 17.3. The van der Waals surface area contributed by atoms with E-state index in [1.54, 1.807) is 4.31 Å². The van der Waals surface area contributed by atoms with Crippen LogP contribution in [-0.4, -0.2) is 44.7 Å². The Morgan fingerprint density at radius 1 is 1.33 bits per heavy atom. The number of nitrogens with one attached hydrogen (secondary N) is 1. The van der Waals surface area contributed by atoms with Crippen LogP contribution in [0.15, 0.2) is 0 Å². The van der Waals surface area contributed by atoms with Crippen molar-refractivity contribution in [3.8, 4) is 0 Å². The average Bonchev–Trinajstić information content (AvgIpc) is 2.97. The third kappa shape index (κ3) is 4.49. The number of hydrogen-bond acceptors (Lipinski definition) is 3. The van der Waals surface area contributed by atoms with Gasteiger partial charge in [-0.05, 0) is 25.3 Å². The van der Waals surface area contributed by atoms with Gasteiger partial charge in [-0.3, -0.25) is 0 Å². The topological polar surface area (TPSA) is 49.4 Å². The van der Waals surface area contributed by atoms with Crippen LogP contribution in [0.5, 0.6) is 0 Å². The van der Waals surface area contributed by atoms with Crippen LogP contribution in [0, 0.1) is 5.92 Å². The fourth-order valence-corrected chi connectivity index (χ4v) is 3.03. The first-order valence-corrected chi connectivity index (χ1v) is 7.39. The van der Waals surface area contributed by atoms with E-state index >= 15 is 0 Å². The van der Waals surface area contributed by atoms with Crippen LogP contribution in [-0.2, 0) is 10.0 Å². The zero-order chi connectivity index (χ0) is 11.3. The van der Waals surface area contributed by atoms with Crippen molar-refractivity contribution in [1.82, 2.24) is 9.62 Å². The van der Waals surface area contributed by atoms with Crippen molar-refractivity contribution in [2.24, 2.45) is 5.92 Å². The highest BCUT2D eigenvalue weighted by molar-refractivity contribution is 7.89. The van der Waals surface area contributed by atoms with E-state index < -0.39 is 10.0 Å². The molecule has 1 rings (SSSR count). The second kappa shape index (κ2) is 5.82. The van der Waals surface area contributed by atoms with Crippen molar-refractivity contribution >= 4 is 10.0 Å². The summed E-state index contributed by atoms with van der Waals surface area (Å²) in [7, 11) is -3.03. The quantitative estimate of drug-likeness (QED) is 0.628. The van der Waals surface area contributed by atoms with Gasteiger partial charge in [-0.2, -0.15) is 0 Å². The van der Waals surface area contributed by atoms with Crippen LogP contribution in [0.25, 0.3) is 0 Å². The monoisotopic (exact) mass is 234 g/mol. The van der Waals surface area contributed by atoms with Crippen LogP contribution in [0.3, 0.4) is 0 Å². The number of nitrogens with zero attached hydrogens (tertiary/aromatic N) is 1. The SMILES string of the molecule is CCNCCS(=O)(=O)N(CC)CC1CC1. The number of rotatable bonds is 8. The first-order chi connectivity index (χ1) is 7.10. The third-order valence-electron chi connectivity index (χ3n) is 2.69. The molecular formula is C10H22N2O2S. The Kier molecular flexibility index (Phi) is 5.02. The molecule has 0 heterocycles. The van der Waals surface area contributed by atoms with E-state index in [0.29, 0.717) is 19.0 Å². The lowest BCUT2D eigenvalue weighted by Gasteiger charge is -2.20. The summed E-state index contributed by atoms with van der Waals surface area (Å²) in [4.78, 5) is 0. The minimum Gasteiger partial charge on any atom is -0.316 e. The van der Waals surface area contributed by atoms with Crippen molar-refractivity contribution < 1.29 is 8.42 Å². The number of hydrogen-bond donors (Lipinski definition) is 1. The van der Waals surface area contributed by atoms with Gasteiger partial charge in [-0.25, -0.2) is 12.7 Å². The summed E-state index contributed by atoms with van der Waals surface area (Å²) in [5, 5.41) is 3.05. The molecule has 1 aliphatic carbocycles. The van der Waals surface area contributed by atoms with E-state index in [1.807, 2.05) is 13.8 Å². The fraction of sp³-hybridized carbons (Fsp3) is 1.00. The minimum atomic E-state index is -3.03. The molecule has 0 aliphatic heterocycles. The van der Waals surface area contributed by atoms with Gasteiger partial charge < -0.3 is 5.32 Å². The molecule has 0 aromatic heterocycles. The molecule has 0 unspecified atom stereocenters. The van der Waals surface area contributed by atoms with Gasteiger partial charge in [0.15, 0.2) is 0 Å². The molecule has 0 atom stereocenters. The highest BCUT2D eigenvalue weighted by Gasteiger charge is 2.29. The van der Waals surface area contributed by atoms with Gasteiger partial charge in [0.25, 0.3) is 0 Å². The van der Waals surface area contributed by atoms with Gasteiger partial charge in [0.05, 0.1) is 5.75 Å². The van der Waals surface area contributed by atoms with E-state index in [2.05, 4.69) is 5.32 Å². The van der Waals surface area contributed by atoms with Gasteiger partial charge in [0, 0.05) is 19.6 Å². The summed E-state index contributed by atoms with van der Waals surface area (Å²) in [6.45, 7) is 6.60. The van der Waals surface area contributed by atoms with Gasteiger partial charge >= 0.3 is 0 Å². The zero-order valence-corrected chi connectivity index (χ0v) is 10.5. The minimum absolute atomic E-state index is 0.224. The molecule has 0 bridgehead atoms. The smallest absolute Gasteiger partial charge is 0.215 e. The first-order valence-electron chi connectivity index (χ1n) is 5.78. The van der Waals surface area contributed by atoms with Crippen molar-refractivity contribution in [2.75, 3.05) is 31.9 Å². The molecule has 1 saturated carbocycles. The second-order valence-corrected chi connectivity index (χ2v) is 6.15. The van der Waals surface area contributed by atoms with Gasteiger partial charge in [0.2, 0.25) is 10.0 Å². The number of sulfonamides is 1. The molecule has 1 fully saturated rings.